The van der Waals surface area contributed by atoms with Crippen molar-refractivity contribution in [3.05, 3.63) is 35.4 Å². The molecule has 1 atom stereocenters. The molecule has 2 rings (SSSR count). The maximum absolute atomic E-state index is 3.98. The molecular weight excluding hydrogens is 320 g/mol. The molecule has 1 unspecified atom stereocenters. The summed E-state index contributed by atoms with van der Waals surface area (Å²) in [6.45, 7) is 4.56. The van der Waals surface area contributed by atoms with Crippen molar-refractivity contribution in [2.75, 3.05) is 0 Å². The van der Waals surface area contributed by atoms with E-state index in [1.54, 1.807) is 0 Å². The van der Waals surface area contributed by atoms with Crippen LogP contribution in [-0.2, 0) is 6.42 Å². The van der Waals surface area contributed by atoms with Crippen LogP contribution in [0.5, 0.6) is 0 Å². The van der Waals surface area contributed by atoms with Crippen LogP contribution in [0.1, 0.15) is 81.2 Å². The van der Waals surface area contributed by atoms with E-state index >= 15 is 0 Å². The van der Waals surface area contributed by atoms with Gasteiger partial charge in [0.15, 0.2) is 0 Å². The zero-order valence-corrected chi connectivity index (χ0v) is 15.4. The zero-order chi connectivity index (χ0) is 15.1. The summed E-state index contributed by atoms with van der Waals surface area (Å²) in [6, 6.07) is 9.32. The van der Waals surface area contributed by atoms with Gasteiger partial charge in [-0.25, -0.2) is 0 Å². The Hall–Kier alpha value is -0.300. The second-order valence-electron chi connectivity index (χ2n) is 6.82. The van der Waals surface area contributed by atoms with Gasteiger partial charge in [-0.3, -0.25) is 0 Å². The van der Waals surface area contributed by atoms with E-state index in [0.29, 0.717) is 4.83 Å². The first-order chi connectivity index (χ1) is 10.2. The summed E-state index contributed by atoms with van der Waals surface area (Å²) in [5.74, 6) is 1.84. The van der Waals surface area contributed by atoms with E-state index < -0.39 is 0 Å². The molecule has 1 aromatic rings. The van der Waals surface area contributed by atoms with Crippen molar-refractivity contribution < 1.29 is 0 Å². The smallest absolute Gasteiger partial charge is 0.0423 e. The molecule has 1 aliphatic rings. The fourth-order valence-electron chi connectivity index (χ4n) is 3.69. The van der Waals surface area contributed by atoms with Gasteiger partial charge in [-0.05, 0) is 42.2 Å². The highest BCUT2D eigenvalue weighted by atomic mass is 79.9. The van der Waals surface area contributed by atoms with Crippen molar-refractivity contribution in [2.24, 2.45) is 11.8 Å². The topological polar surface area (TPSA) is 0 Å². The first kappa shape index (κ1) is 17.1. The minimum absolute atomic E-state index is 0.556. The van der Waals surface area contributed by atoms with E-state index in [9.17, 15) is 0 Å². The fourth-order valence-corrected chi connectivity index (χ4v) is 4.53. The van der Waals surface area contributed by atoms with Gasteiger partial charge >= 0.3 is 0 Å². The Balaban J connectivity index is 1.84. The highest BCUT2D eigenvalue weighted by molar-refractivity contribution is 9.09. The fraction of sp³-hybridized carbons (Fsp3) is 0.700. The number of hydrogen-bond donors (Lipinski definition) is 0. The van der Waals surface area contributed by atoms with Gasteiger partial charge in [0.1, 0.15) is 0 Å². The van der Waals surface area contributed by atoms with Crippen molar-refractivity contribution in [3.8, 4) is 0 Å². The largest absolute Gasteiger partial charge is 0.0836 e. The zero-order valence-electron chi connectivity index (χ0n) is 13.8. The number of halogens is 1. The molecule has 0 bridgehead atoms. The van der Waals surface area contributed by atoms with E-state index in [1.165, 1.54) is 68.9 Å². The summed E-state index contributed by atoms with van der Waals surface area (Å²) in [7, 11) is 0. The molecule has 0 amide bonds. The maximum atomic E-state index is 3.98. The van der Waals surface area contributed by atoms with Crippen LogP contribution < -0.4 is 0 Å². The van der Waals surface area contributed by atoms with Gasteiger partial charge in [-0.2, -0.15) is 0 Å². The number of aryl methyl sites for hydroxylation is 1. The molecule has 1 saturated carbocycles. The summed E-state index contributed by atoms with van der Waals surface area (Å²) in [5.41, 5.74) is 2.95. The van der Waals surface area contributed by atoms with Gasteiger partial charge in [0, 0.05) is 4.83 Å². The van der Waals surface area contributed by atoms with Crippen LogP contribution in [0.2, 0.25) is 0 Å². The molecule has 1 aliphatic carbocycles. The van der Waals surface area contributed by atoms with Crippen LogP contribution in [-0.4, -0.2) is 0 Å². The molecule has 0 aliphatic heterocycles. The van der Waals surface area contributed by atoms with E-state index in [2.05, 4.69) is 54.0 Å². The normalized spacial score (nSPS) is 24.0. The van der Waals surface area contributed by atoms with Crippen LogP contribution in [0.3, 0.4) is 0 Å². The Bertz CT molecular complexity index is 387. The molecule has 1 aromatic carbocycles. The van der Waals surface area contributed by atoms with E-state index in [0.717, 1.165) is 11.8 Å². The lowest BCUT2D eigenvalue weighted by molar-refractivity contribution is 0.257. The third-order valence-electron chi connectivity index (χ3n) is 5.11. The monoisotopic (exact) mass is 350 g/mol. The van der Waals surface area contributed by atoms with Crippen LogP contribution in [0.4, 0.5) is 0 Å². The summed E-state index contributed by atoms with van der Waals surface area (Å²) in [6.07, 6.45) is 12.4. The number of benzene rings is 1. The predicted octanol–water partition coefficient (Wildman–Crippen LogP) is 7.07. The van der Waals surface area contributed by atoms with Crippen LogP contribution >= 0.6 is 15.9 Å². The third-order valence-corrected chi connectivity index (χ3v) is 6.38. The molecule has 0 radical (unpaired) electrons. The molecule has 0 heterocycles. The van der Waals surface area contributed by atoms with Gasteiger partial charge in [-0.15, -0.1) is 0 Å². The van der Waals surface area contributed by atoms with E-state index in [4.69, 9.17) is 0 Å². The summed E-state index contributed by atoms with van der Waals surface area (Å²) in [4.78, 5) is 0.556. The lowest BCUT2D eigenvalue weighted by Gasteiger charge is -2.31. The highest BCUT2D eigenvalue weighted by Crippen LogP contribution is 2.42. The molecule has 0 aromatic heterocycles. The van der Waals surface area contributed by atoms with Crippen molar-refractivity contribution in [1.29, 1.82) is 0 Å². The molecule has 1 fully saturated rings. The van der Waals surface area contributed by atoms with Gasteiger partial charge < -0.3 is 0 Å². The highest BCUT2D eigenvalue weighted by Gasteiger charge is 2.26. The van der Waals surface area contributed by atoms with Crippen molar-refractivity contribution in [1.82, 2.24) is 0 Å². The summed E-state index contributed by atoms with van der Waals surface area (Å²) in [5, 5.41) is 0. The minimum atomic E-state index is 0.556. The molecule has 21 heavy (non-hydrogen) atoms. The lowest BCUT2D eigenvalue weighted by atomic mass is 9.77. The van der Waals surface area contributed by atoms with Crippen molar-refractivity contribution in [3.63, 3.8) is 0 Å². The van der Waals surface area contributed by atoms with Crippen LogP contribution in [0.15, 0.2) is 24.3 Å². The Kier molecular flexibility index (Phi) is 7.29. The number of unbranched alkanes of at least 4 members (excludes halogenated alkanes) is 1. The summed E-state index contributed by atoms with van der Waals surface area (Å²) < 4.78 is 0. The van der Waals surface area contributed by atoms with Crippen molar-refractivity contribution >= 4 is 15.9 Å². The van der Waals surface area contributed by atoms with Gasteiger partial charge in [0.05, 0.1) is 0 Å². The van der Waals surface area contributed by atoms with Gasteiger partial charge in [0.2, 0.25) is 0 Å². The summed E-state index contributed by atoms with van der Waals surface area (Å²) >= 11 is 3.98. The van der Waals surface area contributed by atoms with Crippen LogP contribution in [0.25, 0.3) is 0 Å². The molecule has 118 valence electrons. The Morgan fingerprint density at radius 3 is 2.24 bits per heavy atom. The SMILES string of the molecule is CCCCC1CCC(C(Br)c2ccc(CCC)cc2)CC1. The number of alkyl halides is 1. The van der Waals surface area contributed by atoms with Gasteiger partial charge in [0.25, 0.3) is 0 Å². The average molecular weight is 351 g/mol. The Morgan fingerprint density at radius 1 is 1.00 bits per heavy atom. The van der Waals surface area contributed by atoms with Crippen molar-refractivity contribution in [2.45, 2.75) is 76.5 Å². The van der Waals surface area contributed by atoms with E-state index in [1.807, 2.05) is 0 Å². The third kappa shape index (κ3) is 5.13. The Labute approximate surface area is 139 Å². The first-order valence-corrected chi connectivity index (χ1v) is 9.89. The predicted molar refractivity (Wildman–Crippen MR) is 97.1 cm³/mol. The minimum Gasteiger partial charge on any atom is -0.0836 e. The standard InChI is InChI=1S/C20H31Br/c1-3-5-7-17-10-14-19(15-11-17)20(21)18-12-8-16(6-4-2)9-13-18/h8-9,12-13,17,19-20H,3-7,10-11,14-15H2,1-2H3. The second-order valence-corrected chi connectivity index (χ2v) is 7.80. The molecule has 0 spiro atoms. The quantitative estimate of drug-likeness (QED) is 0.461. The molecule has 1 heteroatoms. The van der Waals surface area contributed by atoms with E-state index in [-0.39, 0.29) is 0 Å². The number of hydrogen-bond acceptors (Lipinski definition) is 0. The maximum Gasteiger partial charge on any atom is 0.0423 e. The molecule has 0 nitrogen and oxygen atoms in total. The first-order valence-electron chi connectivity index (χ1n) is 8.97. The second kappa shape index (κ2) is 8.98. The van der Waals surface area contributed by atoms with Gasteiger partial charge in [-0.1, -0.05) is 92.6 Å². The molecule has 0 N–H and O–H groups in total. The van der Waals surface area contributed by atoms with Crippen LogP contribution in [0, 0.1) is 11.8 Å². The lowest BCUT2D eigenvalue weighted by Crippen LogP contribution is -2.18. The molecule has 0 saturated heterocycles. The molecular formula is C20H31Br. The average Bonchev–Trinajstić information content (AvgIpc) is 2.54. The Morgan fingerprint density at radius 2 is 1.67 bits per heavy atom. The number of rotatable bonds is 7.